The first kappa shape index (κ1) is 14.2. The summed E-state index contributed by atoms with van der Waals surface area (Å²) in [5, 5.41) is 8.86. The van der Waals surface area contributed by atoms with Crippen molar-refractivity contribution in [2.24, 2.45) is 0 Å². The van der Waals surface area contributed by atoms with Gasteiger partial charge >= 0.3 is 5.97 Å². The Kier molecular flexibility index (Phi) is 4.07. The van der Waals surface area contributed by atoms with E-state index in [1.807, 2.05) is 6.08 Å². The lowest BCUT2D eigenvalue weighted by atomic mass is 10.2. The number of carbonyl (C=O) groups is 1. The molecule has 0 saturated heterocycles. The summed E-state index contributed by atoms with van der Waals surface area (Å²) < 4.78 is 26.4. The number of rotatable bonds is 3. The molecule has 1 aliphatic rings. The Morgan fingerprint density at radius 3 is 2.58 bits per heavy atom. The van der Waals surface area contributed by atoms with Crippen LogP contribution in [0.3, 0.4) is 0 Å². The van der Waals surface area contributed by atoms with Gasteiger partial charge in [0, 0.05) is 17.6 Å². The lowest BCUT2D eigenvalue weighted by Crippen LogP contribution is -2.34. The van der Waals surface area contributed by atoms with Crippen molar-refractivity contribution in [2.45, 2.75) is 11.3 Å². The molecule has 5 nitrogen and oxygen atoms in total. The molecular formula is C12H12BrNO4S. The number of benzene rings is 1. The van der Waals surface area contributed by atoms with Crippen LogP contribution < -0.4 is 0 Å². The smallest absolute Gasteiger partial charge is 0.335 e. The number of halogens is 1. The Morgan fingerprint density at radius 1 is 1.32 bits per heavy atom. The van der Waals surface area contributed by atoms with Gasteiger partial charge in [-0.1, -0.05) is 12.2 Å². The van der Waals surface area contributed by atoms with Crippen LogP contribution >= 0.6 is 15.9 Å². The minimum atomic E-state index is -3.59. The molecule has 1 N–H and O–H groups in total. The van der Waals surface area contributed by atoms with Crippen molar-refractivity contribution in [3.63, 3.8) is 0 Å². The number of nitrogens with zero attached hydrogens (tertiary/aromatic N) is 1. The fourth-order valence-electron chi connectivity index (χ4n) is 1.82. The maximum Gasteiger partial charge on any atom is 0.335 e. The number of carboxylic acids is 1. The molecule has 7 heteroatoms. The van der Waals surface area contributed by atoms with Gasteiger partial charge in [-0.05, 0) is 40.5 Å². The highest BCUT2D eigenvalue weighted by Crippen LogP contribution is 2.27. The molecule has 0 bridgehead atoms. The zero-order valence-corrected chi connectivity index (χ0v) is 12.3. The number of aromatic carboxylic acids is 1. The summed E-state index contributed by atoms with van der Waals surface area (Å²) in [5.41, 5.74) is 0.0457. The maximum absolute atomic E-state index is 12.4. The molecule has 0 aliphatic carbocycles. The molecule has 1 aromatic rings. The van der Waals surface area contributed by atoms with Gasteiger partial charge < -0.3 is 5.11 Å². The van der Waals surface area contributed by atoms with Crippen molar-refractivity contribution in [1.82, 2.24) is 4.31 Å². The molecule has 102 valence electrons. The van der Waals surface area contributed by atoms with E-state index in [9.17, 15) is 13.2 Å². The highest BCUT2D eigenvalue weighted by molar-refractivity contribution is 9.10. The minimum Gasteiger partial charge on any atom is -0.478 e. The topological polar surface area (TPSA) is 74.7 Å². The molecule has 0 amide bonds. The van der Waals surface area contributed by atoms with Crippen molar-refractivity contribution in [1.29, 1.82) is 0 Å². The van der Waals surface area contributed by atoms with Crippen LogP contribution in [0.4, 0.5) is 0 Å². The van der Waals surface area contributed by atoms with E-state index in [1.54, 1.807) is 6.08 Å². The molecular weight excluding hydrogens is 334 g/mol. The Bertz CT molecular complexity index is 639. The fourth-order valence-corrected chi connectivity index (χ4v) is 4.26. The van der Waals surface area contributed by atoms with E-state index in [-0.39, 0.29) is 14.9 Å². The summed E-state index contributed by atoms with van der Waals surface area (Å²) in [7, 11) is -3.59. The molecule has 0 radical (unpaired) electrons. The zero-order chi connectivity index (χ0) is 14.0. The first-order valence-corrected chi connectivity index (χ1v) is 7.84. The quantitative estimate of drug-likeness (QED) is 0.851. The predicted octanol–water partition coefficient (Wildman–Crippen LogP) is 2.10. The second kappa shape index (κ2) is 5.44. The van der Waals surface area contributed by atoms with E-state index in [0.29, 0.717) is 19.5 Å². The van der Waals surface area contributed by atoms with Crippen molar-refractivity contribution >= 4 is 31.9 Å². The van der Waals surface area contributed by atoms with Crippen LogP contribution in [0.25, 0.3) is 0 Å². The second-order valence-corrected chi connectivity index (χ2v) is 6.83. The van der Waals surface area contributed by atoms with Gasteiger partial charge in [0.25, 0.3) is 0 Å². The molecule has 0 unspecified atom stereocenters. The van der Waals surface area contributed by atoms with E-state index < -0.39 is 16.0 Å². The largest absolute Gasteiger partial charge is 0.478 e. The van der Waals surface area contributed by atoms with Gasteiger partial charge in [-0.3, -0.25) is 0 Å². The molecule has 0 saturated carbocycles. The Balaban J connectivity index is 2.40. The lowest BCUT2D eigenvalue weighted by Gasteiger charge is -2.23. The van der Waals surface area contributed by atoms with Crippen LogP contribution in [0, 0.1) is 0 Å². The fraction of sp³-hybridized carbons (Fsp3) is 0.250. The van der Waals surface area contributed by atoms with E-state index in [4.69, 9.17) is 5.11 Å². The summed E-state index contributed by atoms with van der Waals surface area (Å²) in [6.45, 7) is 0.779. The minimum absolute atomic E-state index is 0.0457. The maximum atomic E-state index is 12.4. The molecule has 19 heavy (non-hydrogen) atoms. The summed E-state index contributed by atoms with van der Waals surface area (Å²) in [4.78, 5) is 10.9. The van der Waals surface area contributed by atoms with Crippen molar-refractivity contribution in [3.8, 4) is 0 Å². The Morgan fingerprint density at radius 2 is 2.05 bits per heavy atom. The molecule has 0 atom stereocenters. The predicted molar refractivity (Wildman–Crippen MR) is 73.6 cm³/mol. The van der Waals surface area contributed by atoms with Gasteiger partial charge in [0.2, 0.25) is 10.0 Å². The van der Waals surface area contributed by atoms with E-state index in [1.165, 1.54) is 22.5 Å². The van der Waals surface area contributed by atoms with Crippen molar-refractivity contribution in [3.05, 3.63) is 40.4 Å². The van der Waals surface area contributed by atoms with Crippen LogP contribution in [-0.2, 0) is 10.0 Å². The van der Waals surface area contributed by atoms with Crippen LogP contribution in [0.5, 0.6) is 0 Å². The van der Waals surface area contributed by atoms with Crippen LogP contribution in [0.15, 0.2) is 39.7 Å². The normalized spacial score (nSPS) is 16.5. The van der Waals surface area contributed by atoms with Gasteiger partial charge in [-0.15, -0.1) is 0 Å². The second-order valence-electron chi connectivity index (χ2n) is 4.07. The Labute approximate surface area is 119 Å². The SMILES string of the molecule is O=C(O)c1ccc(S(=O)(=O)N2CC=CCC2)c(Br)c1. The van der Waals surface area contributed by atoms with Gasteiger partial charge in [-0.25, -0.2) is 13.2 Å². The van der Waals surface area contributed by atoms with Gasteiger partial charge in [0.05, 0.1) is 10.5 Å². The van der Waals surface area contributed by atoms with E-state index in [0.717, 1.165) is 0 Å². The average Bonchev–Trinajstić information content (AvgIpc) is 2.39. The van der Waals surface area contributed by atoms with Gasteiger partial charge in [-0.2, -0.15) is 4.31 Å². The molecule has 2 rings (SSSR count). The molecule has 1 aliphatic heterocycles. The first-order valence-electron chi connectivity index (χ1n) is 5.61. The third-order valence-electron chi connectivity index (χ3n) is 2.82. The lowest BCUT2D eigenvalue weighted by molar-refractivity contribution is 0.0696. The third kappa shape index (κ3) is 2.88. The molecule has 0 fully saturated rings. The summed E-state index contributed by atoms with van der Waals surface area (Å²) in [6, 6.07) is 3.91. The van der Waals surface area contributed by atoms with E-state index >= 15 is 0 Å². The molecule has 1 heterocycles. The molecule has 0 aromatic heterocycles. The van der Waals surface area contributed by atoms with Crippen molar-refractivity contribution < 1.29 is 18.3 Å². The number of hydrogen-bond donors (Lipinski definition) is 1. The summed E-state index contributed by atoms with van der Waals surface area (Å²) in [6.07, 6.45) is 4.43. The summed E-state index contributed by atoms with van der Waals surface area (Å²) in [5.74, 6) is -1.09. The van der Waals surface area contributed by atoms with Crippen LogP contribution in [0.2, 0.25) is 0 Å². The third-order valence-corrected chi connectivity index (χ3v) is 5.66. The number of sulfonamides is 1. The summed E-state index contributed by atoms with van der Waals surface area (Å²) >= 11 is 3.13. The number of carboxylic acid groups (broad SMARTS) is 1. The monoisotopic (exact) mass is 345 g/mol. The highest BCUT2D eigenvalue weighted by atomic mass is 79.9. The number of hydrogen-bond acceptors (Lipinski definition) is 3. The standard InChI is InChI=1S/C12H12BrNO4S/c13-10-8-9(12(15)16)4-5-11(10)19(17,18)14-6-2-1-3-7-14/h1-2,4-5,8H,3,6-7H2,(H,15,16). The van der Waals surface area contributed by atoms with Crippen LogP contribution in [-0.4, -0.2) is 36.9 Å². The first-order chi connectivity index (χ1) is 8.93. The molecule has 1 aromatic carbocycles. The van der Waals surface area contributed by atoms with Gasteiger partial charge in [0.15, 0.2) is 0 Å². The highest BCUT2D eigenvalue weighted by Gasteiger charge is 2.26. The zero-order valence-electron chi connectivity index (χ0n) is 9.91. The van der Waals surface area contributed by atoms with Crippen LogP contribution in [0.1, 0.15) is 16.8 Å². The van der Waals surface area contributed by atoms with Gasteiger partial charge in [0.1, 0.15) is 0 Å². The van der Waals surface area contributed by atoms with E-state index in [2.05, 4.69) is 15.9 Å². The van der Waals surface area contributed by atoms with Crippen molar-refractivity contribution in [2.75, 3.05) is 13.1 Å². The Hall–Kier alpha value is -1.18. The average molecular weight is 346 g/mol. The molecule has 0 spiro atoms.